The maximum Gasteiger partial charge on any atom is 0.222 e. The summed E-state index contributed by atoms with van der Waals surface area (Å²) in [7, 11) is 0. The van der Waals surface area contributed by atoms with E-state index in [0.717, 1.165) is 16.7 Å². The van der Waals surface area contributed by atoms with E-state index in [1.807, 2.05) is 17.4 Å². The molecule has 2 aromatic heterocycles. The molecule has 0 radical (unpaired) electrons. The van der Waals surface area contributed by atoms with E-state index in [0.29, 0.717) is 12.0 Å². The molecule has 0 aliphatic heterocycles. The number of hydrogen-bond acceptors (Lipinski definition) is 6. The Morgan fingerprint density at radius 1 is 1.12 bits per heavy atom. The quantitative estimate of drug-likeness (QED) is 0.601. The van der Waals surface area contributed by atoms with E-state index >= 15 is 0 Å². The summed E-state index contributed by atoms with van der Waals surface area (Å²) in [6.07, 6.45) is 8.42. The van der Waals surface area contributed by atoms with E-state index in [9.17, 15) is 0 Å². The molecule has 1 aliphatic carbocycles. The maximum absolute atomic E-state index is 5.94. The lowest BCUT2D eigenvalue weighted by Gasteiger charge is -2.24. The number of aromatic nitrogens is 2. The van der Waals surface area contributed by atoms with Gasteiger partial charge in [0.2, 0.25) is 5.95 Å². The number of nitrogen functional groups attached to an aromatic ring is 1. The third kappa shape index (κ3) is 3.60. The van der Waals surface area contributed by atoms with Crippen LogP contribution in [0.4, 0.5) is 11.8 Å². The van der Waals surface area contributed by atoms with Gasteiger partial charge in [0.1, 0.15) is 5.82 Å². The van der Waals surface area contributed by atoms with E-state index in [-0.39, 0.29) is 0 Å². The van der Waals surface area contributed by atoms with E-state index in [2.05, 4.69) is 45.8 Å². The minimum atomic E-state index is 0.333. The Bertz CT molecular complexity index is 884. The fourth-order valence-electron chi connectivity index (χ4n) is 3.43. The summed E-state index contributed by atoms with van der Waals surface area (Å²) in [5, 5.41) is 4.68. The molecule has 130 valence electrons. The Balaban J connectivity index is 1.73. The Morgan fingerprint density at radius 2 is 1.96 bits per heavy atom. The topological polar surface area (TPSA) is 63.8 Å². The van der Waals surface area contributed by atoms with Crippen LogP contribution in [0.5, 0.6) is 0 Å². The van der Waals surface area contributed by atoms with Gasteiger partial charge in [-0.05, 0) is 48.9 Å². The summed E-state index contributed by atoms with van der Waals surface area (Å²) in [6.45, 7) is 0. The maximum atomic E-state index is 5.94. The van der Waals surface area contributed by atoms with Crippen LogP contribution in [0.25, 0.3) is 21.3 Å². The number of rotatable bonds is 4. The highest BCUT2D eigenvalue weighted by Crippen LogP contribution is 2.35. The summed E-state index contributed by atoms with van der Waals surface area (Å²) in [5.41, 5.74) is 8.04. The number of thiophene rings is 1. The number of benzene rings is 1. The minimum absolute atomic E-state index is 0.333. The monoisotopic (exact) mass is 370 g/mol. The second-order valence-corrected chi connectivity index (χ2v) is 8.65. The molecule has 4 nitrogen and oxygen atoms in total. The molecule has 0 bridgehead atoms. The molecule has 3 aromatic rings. The third-order valence-corrected chi connectivity index (χ3v) is 6.94. The Hall–Kier alpha value is -1.79. The molecule has 4 rings (SSSR count). The SMILES string of the molecule is CSc1ccc(-c2ccc3nc(N)nc(NC4CCCCC4)c3c2)s1. The second kappa shape index (κ2) is 7.22. The van der Waals surface area contributed by atoms with Crippen molar-refractivity contribution < 1.29 is 0 Å². The highest BCUT2D eigenvalue weighted by molar-refractivity contribution is 8.00. The fourth-order valence-corrected chi connectivity index (χ4v) is 4.98. The van der Waals surface area contributed by atoms with Crippen LogP contribution in [0.15, 0.2) is 34.5 Å². The van der Waals surface area contributed by atoms with Gasteiger partial charge in [0.15, 0.2) is 0 Å². The van der Waals surface area contributed by atoms with Crippen molar-refractivity contribution in [2.24, 2.45) is 0 Å². The van der Waals surface area contributed by atoms with Crippen LogP contribution in [0, 0.1) is 0 Å². The number of hydrogen-bond donors (Lipinski definition) is 2. The van der Waals surface area contributed by atoms with Gasteiger partial charge in [0.05, 0.1) is 9.73 Å². The fraction of sp³-hybridized carbons (Fsp3) is 0.368. The molecule has 6 heteroatoms. The minimum Gasteiger partial charge on any atom is -0.368 e. The van der Waals surface area contributed by atoms with Crippen molar-refractivity contribution in [2.45, 2.75) is 42.4 Å². The molecule has 1 aliphatic rings. The number of fused-ring (bicyclic) bond motifs is 1. The van der Waals surface area contributed by atoms with Crippen LogP contribution in [0.1, 0.15) is 32.1 Å². The first kappa shape index (κ1) is 16.7. The van der Waals surface area contributed by atoms with Crippen molar-refractivity contribution in [3.63, 3.8) is 0 Å². The van der Waals surface area contributed by atoms with Gasteiger partial charge in [-0.15, -0.1) is 23.1 Å². The van der Waals surface area contributed by atoms with Crippen molar-refractivity contribution in [3.05, 3.63) is 30.3 Å². The predicted molar refractivity (Wildman–Crippen MR) is 110 cm³/mol. The zero-order chi connectivity index (χ0) is 17.2. The van der Waals surface area contributed by atoms with Gasteiger partial charge in [-0.3, -0.25) is 0 Å². The van der Waals surface area contributed by atoms with Crippen molar-refractivity contribution in [1.82, 2.24) is 9.97 Å². The van der Waals surface area contributed by atoms with Crippen LogP contribution in [0.2, 0.25) is 0 Å². The molecule has 3 N–H and O–H groups in total. The Labute approximate surface area is 156 Å². The van der Waals surface area contributed by atoms with Gasteiger partial charge >= 0.3 is 0 Å². The van der Waals surface area contributed by atoms with Gasteiger partial charge in [-0.1, -0.05) is 25.3 Å². The zero-order valence-electron chi connectivity index (χ0n) is 14.3. The van der Waals surface area contributed by atoms with Crippen LogP contribution in [-0.2, 0) is 0 Å². The van der Waals surface area contributed by atoms with Crippen LogP contribution in [0.3, 0.4) is 0 Å². The van der Waals surface area contributed by atoms with Gasteiger partial charge in [0, 0.05) is 16.3 Å². The average molecular weight is 371 g/mol. The van der Waals surface area contributed by atoms with Crippen molar-refractivity contribution in [3.8, 4) is 10.4 Å². The highest BCUT2D eigenvalue weighted by Gasteiger charge is 2.16. The second-order valence-electron chi connectivity index (χ2n) is 6.46. The first-order valence-electron chi connectivity index (χ1n) is 8.71. The zero-order valence-corrected chi connectivity index (χ0v) is 15.9. The lowest BCUT2D eigenvalue weighted by molar-refractivity contribution is 0.462. The van der Waals surface area contributed by atoms with Gasteiger partial charge in [-0.25, -0.2) is 4.98 Å². The molecule has 0 spiro atoms. The lowest BCUT2D eigenvalue weighted by Crippen LogP contribution is -2.23. The molecule has 1 fully saturated rings. The summed E-state index contributed by atoms with van der Waals surface area (Å²) < 4.78 is 1.32. The van der Waals surface area contributed by atoms with Crippen LogP contribution >= 0.6 is 23.1 Å². The van der Waals surface area contributed by atoms with Gasteiger partial charge in [0.25, 0.3) is 0 Å². The lowest BCUT2D eigenvalue weighted by atomic mass is 9.95. The molecule has 0 atom stereocenters. The number of thioether (sulfide) groups is 1. The summed E-state index contributed by atoms with van der Waals surface area (Å²) in [6, 6.07) is 11.2. The summed E-state index contributed by atoms with van der Waals surface area (Å²) in [4.78, 5) is 10.2. The molecule has 0 unspecified atom stereocenters. The Morgan fingerprint density at radius 3 is 2.72 bits per heavy atom. The van der Waals surface area contributed by atoms with Crippen molar-refractivity contribution in [1.29, 1.82) is 0 Å². The largest absolute Gasteiger partial charge is 0.368 e. The molecule has 25 heavy (non-hydrogen) atoms. The first-order valence-corrected chi connectivity index (χ1v) is 10.7. The smallest absolute Gasteiger partial charge is 0.222 e. The normalized spacial score (nSPS) is 15.6. The van der Waals surface area contributed by atoms with Crippen LogP contribution < -0.4 is 11.1 Å². The molecular formula is C19H22N4S2. The molecular weight excluding hydrogens is 348 g/mol. The van der Waals surface area contributed by atoms with Crippen LogP contribution in [-0.4, -0.2) is 22.3 Å². The van der Waals surface area contributed by atoms with Crippen molar-refractivity contribution in [2.75, 3.05) is 17.3 Å². The van der Waals surface area contributed by atoms with E-state index in [1.165, 1.54) is 46.8 Å². The molecule has 1 aromatic carbocycles. The third-order valence-electron chi connectivity index (χ3n) is 4.73. The molecule has 0 saturated heterocycles. The molecule has 1 saturated carbocycles. The van der Waals surface area contributed by atoms with Crippen molar-refractivity contribution >= 4 is 45.8 Å². The molecule has 2 heterocycles. The first-order chi connectivity index (χ1) is 12.2. The number of nitrogens with zero attached hydrogens (tertiary/aromatic N) is 2. The number of nitrogens with one attached hydrogen (secondary N) is 1. The van der Waals surface area contributed by atoms with Gasteiger partial charge < -0.3 is 11.1 Å². The standard InChI is InChI=1S/C19H22N4S2/c1-24-17-10-9-16(25-17)12-7-8-15-14(11-12)18(23-19(20)22-15)21-13-5-3-2-4-6-13/h7-11,13H,2-6H2,1H3,(H3,20,21,22,23). The Kier molecular flexibility index (Phi) is 4.81. The average Bonchev–Trinajstić information content (AvgIpc) is 3.11. The summed E-state index contributed by atoms with van der Waals surface area (Å²) in [5.74, 6) is 1.21. The highest BCUT2D eigenvalue weighted by atomic mass is 32.2. The summed E-state index contributed by atoms with van der Waals surface area (Å²) >= 11 is 3.60. The van der Waals surface area contributed by atoms with E-state index < -0.39 is 0 Å². The molecule has 0 amide bonds. The van der Waals surface area contributed by atoms with E-state index in [4.69, 9.17) is 5.73 Å². The van der Waals surface area contributed by atoms with Gasteiger partial charge in [-0.2, -0.15) is 4.98 Å². The van der Waals surface area contributed by atoms with E-state index in [1.54, 1.807) is 11.8 Å². The number of nitrogens with two attached hydrogens (primary N) is 1. The predicted octanol–water partition coefficient (Wildman–Crippen LogP) is 5.41. The number of anilines is 2.